The summed E-state index contributed by atoms with van der Waals surface area (Å²) in [5.74, 6) is 0.125. The average Bonchev–Trinajstić information content (AvgIpc) is 2.12. The third kappa shape index (κ3) is 2.75. The standard InChI is InChI=1S/C9H15NO3/c1-2-10-8-3-4-9(11)7(5-8)6-13-12/h3-4,7,10-12H,2,5-6H2,1H3. The summed E-state index contributed by atoms with van der Waals surface area (Å²) in [7, 11) is 0. The molecule has 1 atom stereocenters. The van der Waals surface area contributed by atoms with Gasteiger partial charge in [-0.3, -0.25) is 5.26 Å². The van der Waals surface area contributed by atoms with E-state index in [-0.39, 0.29) is 18.3 Å². The zero-order chi connectivity index (χ0) is 9.68. The first-order chi connectivity index (χ1) is 6.27. The number of nitrogens with one attached hydrogen (secondary N) is 1. The molecule has 0 aromatic rings. The van der Waals surface area contributed by atoms with Crippen molar-refractivity contribution in [2.45, 2.75) is 13.3 Å². The van der Waals surface area contributed by atoms with E-state index in [1.54, 1.807) is 6.08 Å². The van der Waals surface area contributed by atoms with Gasteiger partial charge in [0.25, 0.3) is 0 Å². The second-order valence-corrected chi connectivity index (χ2v) is 3.01. The van der Waals surface area contributed by atoms with E-state index < -0.39 is 0 Å². The minimum Gasteiger partial charge on any atom is -0.512 e. The molecule has 13 heavy (non-hydrogen) atoms. The van der Waals surface area contributed by atoms with Crippen molar-refractivity contribution < 1.29 is 15.3 Å². The number of hydrogen-bond donors (Lipinski definition) is 3. The minimum absolute atomic E-state index is 0.130. The zero-order valence-electron chi connectivity index (χ0n) is 7.66. The molecule has 0 amide bonds. The Morgan fingerprint density at radius 2 is 2.38 bits per heavy atom. The highest BCUT2D eigenvalue weighted by Gasteiger charge is 2.18. The number of allylic oxidation sites excluding steroid dienone is 3. The van der Waals surface area contributed by atoms with Gasteiger partial charge in [-0.05, 0) is 25.5 Å². The largest absolute Gasteiger partial charge is 0.512 e. The van der Waals surface area contributed by atoms with Gasteiger partial charge in [0.2, 0.25) is 0 Å². The van der Waals surface area contributed by atoms with Crippen LogP contribution in [-0.4, -0.2) is 23.5 Å². The normalized spacial score (nSPS) is 22.2. The van der Waals surface area contributed by atoms with E-state index in [2.05, 4.69) is 10.2 Å². The molecule has 0 aromatic carbocycles. The van der Waals surface area contributed by atoms with Crippen LogP contribution in [0.3, 0.4) is 0 Å². The van der Waals surface area contributed by atoms with Gasteiger partial charge in [-0.25, -0.2) is 4.89 Å². The van der Waals surface area contributed by atoms with Gasteiger partial charge in [-0.1, -0.05) is 0 Å². The van der Waals surface area contributed by atoms with E-state index in [4.69, 9.17) is 5.26 Å². The summed E-state index contributed by atoms with van der Waals surface area (Å²) in [5, 5.41) is 20.8. The summed E-state index contributed by atoms with van der Waals surface area (Å²) < 4.78 is 0. The smallest absolute Gasteiger partial charge is 0.0982 e. The molecule has 1 aliphatic carbocycles. The molecule has 0 saturated carbocycles. The maximum atomic E-state index is 9.38. The van der Waals surface area contributed by atoms with Gasteiger partial charge in [0.05, 0.1) is 12.4 Å². The SMILES string of the molecule is CCNC1=CC=C(O)C(COO)C1. The van der Waals surface area contributed by atoms with Crippen LogP contribution >= 0.6 is 0 Å². The second kappa shape index (κ2) is 4.89. The summed E-state index contributed by atoms with van der Waals surface area (Å²) in [6.45, 7) is 2.99. The third-order valence-electron chi connectivity index (χ3n) is 2.02. The lowest BCUT2D eigenvalue weighted by molar-refractivity contribution is -0.250. The van der Waals surface area contributed by atoms with Gasteiger partial charge >= 0.3 is 0 Å². The molecule has 1 unspecified atom stereocenters. The van der Waals surface area contributed by atoms with E-state index in [9.17, 15) is 5.11 Å². The molecule has 0 bridgehead atoms. The van der Waals surface area contributed by atoms with Crippen LogP contribution in [0.2, 0.25) is 0 Å². The number of rotatable bonds is 4. The maximum absolute atomic E-state index is 9.38. The van der Waals surface area contributed by atoms with E-state index in [0.29, 0.717) is 6.42 Å². The predicted molar refractivity (Wildman–Crippen MR) is 49.2 cm³/mol. The summed E-state index contributed by atoms with van der Waals surface area (Å²) >= 11 is 0. The monoisotopic (exact) mass is 185 g/mol. The van der Waals surface area contributed by atoms with Crippen molar-refractivity contribution in [1.82, 2.24) is 5.32 Å². The molecular weight excluding hydrogens is 170 g/mol. The average molecular weight is 185 g/mol. The van der Waals surface area contributed by atoms with Crippen LogP contribution in [0.15, 0.2) is 23.6 Å². The fraction of sp³-hybridized carbons (Fsp3) is 0.556. The summed E-state index contributed by atoms with van der Waals surface area (Å²) in [6.07, 6.45) is 4.15. The highest BCUT2D eigenvalue weighted by Crippen LogP contribution is 2.22. The molecule has 0 saturated heterocycles. The lowest BCUT2D eigenvalue weighted by Gasteiger charge is -2.20. The summed E-state index contributed by atoms with van der Waals surface area (Å²) in [6, 6.07) is 0. The fourth-order valence-electron chi connectivity index (χ4n) is 1.35. The van der Waals surface area contributed by atoms with Crippen LogP contribution in [0.1, 0.15) is 13.3 Å². The molecule has 0 radical (unpaired) electrons. The van der Waals surface area contributed by atoms with Crippen LogP contribution in [0.5, 0.6) is 0 Å². The van der Waals surface area contributed by atoms with E-state index in [1.807, 2.05) is 13.0 Å². The highest BCUT2D eigenvalue weighted by atomic mass is 17.1. The Bertz CT molecular complexity index is 223. The highest BCUT2D eigenvalue weighted by molar-refractivity contribution is 5.21. The third-order valence-corrected chi connectivity index (χ3v) is 2.02. The topological polar surface area (TPSA) is 61.7 Å². The van der Waals surface area contributed by atoms with Gasteiger partial charge < -0.3 is 10.4 Å². The van der Waals surface area contributed by atoms with Crippen LogP contribution in [0, 0.1) is 5.92 Å². The van der Waals surface area contributed by atoms with Crippen molar-refractivity contribution in [3.63, 3.8) is 0 Å². The quantitative estimate of drug-likeness (QED) is 0.458. The minimum atomic E-state index is -0.135. The lowest BCUT2D eigenvalue weighted by atomic mass is 9.97. The molecule has 0 fully saturated rings. The van der Waals surface area contributed by atoms with Crippen LogP contribution in [0.4, 0.5) is 0 Å². The molecule has 74 valence electrons. The maximum Gasteiger partial charge on any atom is 0.0982 e. The molecule has 0 aromatic heterocycles. The molecule has 0 heterocycles. The zero-order valence-corrected chi connectivity index (χ0v) is 7.66. The van der Waals surface area contributed by atoms with Gasteiger partial charge in [0.15, 0.2) is 0 Å². The first kappa shape index (κ1) is 10.1. The van der Waals surface area contributed by atoms with E-state index >= 15 is 0 Å². The first-order valence-corrected chi connectivity index (χ1v) is 4.37. The number of aliphatic hydroxyl groups excluding tert-OH is 1. The molecule has 3 N–H and O–H groups in total. The van der Waals surface area contributed by atoms with Gasteiger partial charge in [0, 0.05) is 18.2 Å². The Labute approximate surface area is 77.5 Å². The van der Waals surface area contributed by atoms with Crippen molar-refractivity contribution >= 4 is 0 Å². The Morgan fingerprint density at radius 3 is 3.00 bits per heavy atom. The molecule has 4 nitrogen and oxygen atoms in total. The Kier molecular flexibility index (Phi) is 3.79. The lowest BCUT2D eigenvalue weighted by Crippen LogP contribution is -2.21. The molecule has 0 spiro atoms. The Morgan fingerprint density at radius 1 is 1.62 bits per heavy atom. The number of aliphatic hydroxyl groups is 1. The van der Waals surface area contributed by atoms with Crippen molar-refractivity contribution in [1.29, 1.82) is 0 Å². The van der Waals surface area contributed by atoms with Gasteiger partial charge in [-0.15, -0.1) is 0 Å². The van der Waals surface area contributed by atoms with Crippen molar-refractivity contribution in [3.05, 3.63) is 23.6 Å². The molecule has 1 rings (SSSR count). The van der Waals surface area contributed by atoms with Gasteiger partial charge in [0.1, 0.15) is 0 Å². The Balaban J connectivity index is 2.55. The van der Waals surface area contributed by atoms with Crippen molar-refractivity contribution in [3.8, 4) is 0 Å². The first-order valence-electron chi connectivity index (χ1n) is 4.37. The molecule has 1 aliphatic rings. The van der Waals surface area contributed by atoms with Gasteiger partial charge in [-0.2, -0.15) is 0 Å². The van der Waals surface area contributed by atoms with Crippen LogP contribution in [-0.2, 0) is 4.89 Å². The van der Waals surface area contributed by atoms with Crippen LogP contribution < -0.4 is 5.32 Å². The molecule has 0 aliphatic heterocycles. The molecular formula is C9H15NO3. The predicted octanol–water partition coefficient (Wildman–Crippen LogP) is 1.43. The summed E-state index contributed by atoms with van der Waals surface area (Å²) in [5.41, 5.74) is 1.06. The van der Waals surface area contributed by atoms with E-state index in [0.717, 1.165) is 12.2 Å². The second-order valence-electron chi connectivity index (χ2n) is 3.01. The van der Waals surface area contributed by atoms with Crippen LogP contribution in [0.25, 0.3) is 0 Å². The van der Waals surface area contributed by atoms with Crippen molar-refractivity contribution in [2.24, 2.45) is 5.92 Å². The Hall–Kier alpha value is -1.00. The molecule has 4 heteroatoms. The fourth-order valence-corrected chi connectivity index (χ4v) is 1.35. The summed E-state index contributed by atoms with van der Waals surface area (Å²) in [4.78, 5) is 4.02. The van der Waals surface area contributed by atoms with E-state index in [1.165, 1.54) is 0 Å². The number of hydrogen-bond acceptors (Lipinski definition) is 4. The van der Waals surface area contributed by atoms with Crippen molar-refractivity contribution in [2.75, 3.05) is 13.2 Å².